The Morgan fingerprint density at radius 1 is 0.657 bits per heavy atom. The summed E-state index contributed by atoms with van der Waals surface area (Å²) in [6.45, 7) is 0. The average molecular weight is 515 g/mol. The molecule has 10 radical (unpaired) electrons. The second-order valence-electron chi connectivity index (χ2n) is 8.10. The number of anilines is 2. The molecule has 172 valence electrons. The van der Waals surface area contributed by atoms with Crippen LogP contribution in [0.4, 0.5) is 11.4 Å². The SMILES string of the molecule is O=C(CC(c1ccccc1)N1c2ccccc2Sc2ccccc21)[C]1[CH][CH][CH][CH]1.[CH]1[CH][CH][CH][CH]1.[Fe+2]. The van der Waals surface area contributed by atoms with Crippen LogP contribution in [-0.2, 0) is 21.9 Å². The fourth-order valence-electron chi connectivity index (χ4n) is 4.28. The second-order valence-corrected chi connectivity index (χ2v) is 9.18. The van der Waals surface area contributed by atoms with Gasteiger partial charge in [0.2, 0.25) is 0 Å². The van der Waals surface area contributed by atoms with Gasteiger partial charge in [0, 0.05) is 22.1 Å². The number of carbonyl (C=O) groups excluding carboxylic acids is 1. The number of ketones is 1. The summed E-state index contributed by atoms with van der Waals surface area (Å²) in [6, 6.07) is 27.2. The quantitative estimate of drug-likeness (QED) is 0.330. The first-order valence-electron chi connectivity index (χ1n) is 11.4. The van der Waals surface area contributed by atoms with Gasteiger partial charge in [-0.25, -0.2) is 0 Å². The Kier molecular flexibility index (Phi) is 9.54. The van der Waals surface area contributed by atoms with Gasteiger partial charge in [0.05, 0.1) is 17.4 Å². The molecule has 1 heterocycles. The molecule has 0 saturated heterocycles. The molecule has 1 atom stereocenters. The molecule has 1 aliphatic heterocycles. The molecule has 2 nitrogen and oxygen atoms in total. The van der Waals surface area contributed by atoms with Crippen molar-refractivity contribution in [3.8, 4) is 0 Å². The van der Waals surface area contributed by atoms with E-state index in [-0.39, 0.29) is 28.9 Å². The minimum absolute atomic E-state index is 0. The third-order valence-corrected chi connectivity index (χ3v) is 7.01. The Morgan fingerprint density at radius 3 is 1.69 bits per heavy atom. The molecular weight excluding hydrogens is 490 g/mol. The number of fused-ring (bicyclic) bond motifs is 2. The van der Waals surface area contributed by atoms with E-state index in [0.29, 0.717) is 6.42 Å². The number of Topliss-reactive ketones (excluding diaryl/α,β-unsaturated/α-hetero) is 1. The number of carbonyl (C=O) groups is 1. The summed E-state index contributed by atoms with van der Waals surface area (Å²) in [7, 11) is 0. The maximum Gasteiger partial charge on any atom is 2.00 e. The van der Waals surface area contributed by atoms with Crippen LogP contribution in [0, 0.1) is 63.7 Å². The molecule has 1 unspecified atom stereocenters. The van der Waals surface area contributed by atoms with E-state index in [1.54, 1.807) is 11.8 Å². The van der Waals surface area contributed by atoms with Gasteiger partial charge in [-0.05, 0) is 87.6 Å². The van der Waals surface area contributed by atoms with Gasteiger partial charge in [0.1, 0.15) is 5.78 Å². The van der Waals surface area contributed by atoms with Gasteiger partial charge in [0.25, 0.3) is 0 Å². The molecule has 2 aliphatic carbocycles. The summed E-state index contributed by atoms with van der Waals surface area (Å²) in [5.41, 5.74) is 3.45. The van der Waals surface area contributed by atoms with Gasteiger partial charge in [-0.3, -0.25) is 4.79 Å². The number of nitrogens with zero attached hydrogens (tertiary/aromatic N) is 1. The fraction of sp³-hybridized carbons (Fsp3) is 0.0645. The predicted octanol–water partition coefficient (Wildman–Crippen LogP) is 7.41. The van der Waals surface area contributed by atoms with Crippen molar-refractivity contribution >= 4 is 28.9 Å². The van der Waals surface area contributed by atoms with Crippen molar-refractivity contribution in [2.24, 2.45) is 0 Å². The van der Waals surface area contributed by atoms with Crippen molar-refractivity contribution in [3.05, 3.63) is 148 Å². The zero-order valence-corrected chi connectivity index (χ0v) is 21.0. The molecule has 0 bridgehead atoms. The Balaban J connectivity index is 0.000000431. The van der Waals surface area contributed by atoms with E-state index in [2.05, 4.69) is 65.6 Å². The van der Waals surface area contributed by atoms with Crippen molar-refractivity contribution in [2.75, 3.05) is 4.90 Å². The Labute approximate surface area is 225 Å². The topological polar surface area (TPSA) is 20.3 Å². The minimum Gasteiger partial charge on any atom is -0.332 e. The van der Waals surface area contributed by atoms with Gasteiger partial charge < -0.3 is 4.90 Å². The Bertz CT molecular complexity index is 1040. The van der Waals surface area contributed by atoms with Gasteiger partial charge in [0.15, 0.2) is 0 Å². The molecule has 35 heavy (non-hydrogen) atoms. The normalized spacial score (nSPS) is 17.4. The smallest absolute Gasteiger partial charge is 0.332 e. The standard InChI is InChI=1S/C26H20NOS.C5H5.Fe/c28-24(20-12-4-5-13-20)18-23(19-10-2-1-3-11-19)27-21-14-6-8-16-25(21)29-26-17-9-7-15-22(26)27;1-2-4-5-3-1;/h1-17,23H,18H2;1-5H;/q;;+2. The first kappa shape index (κ1) is 26.1. The summed E-state index contributed by atoms with van der Waals surface area (Å²) < 4.78 is 0. The molecular formula is C31H25FeNOS+2. The zero-order valence-electron chi connectivity index (χ0n) is 19.1. The summed E-state index contributed by atoms with van der Waals surface area (Å²) >= 11 is 1.79. The first-order chi connectivity index (χ1) is 16.8. The summed E-state index contributed by atoms with van der Waals surface area (Å²) in [4.78, 5) is 17.9. The number of hydrogen-bond acceptors (Lipinski definition) is 3. The molecule has 2 fully saturated rings. The molecule has 2 saturated carbocycles. The van der Waals surface area contributed by atoms with E-state index in [4.69, 9.17) is 0 Å². The van der Waals surface area contributed by atoms with Gasteiger partial charge in [-0.15, -0.1) is 0 Å². The van der Waals surface area contributed by atoms with E-state index >= 15 is 0 Å². The fourth-order valence-corrected chi connectivity index (χ4v) is 5.35. The minimum atomic E-state index is -0.0817. The first-order valence-corrected chi connectivity index (χ1v) is 12.2. The van der Waals surface area contributed by atoms with E-state index in [1.807, 2.05) is 76.0 Å². The predicted molar refractivity (Wildman–Crippen MR) is 140 cm³/mol. The van der Waals surface area contributed by atoms with Gasteiger partial charge in [-0.2, -0.15) is 0 Å². The van der Waals surface area contributed by atoms with Crippen LogP contribution < -0.4 is 4.90 Å². The van der Waals surface area contributed by atoms with Gasteiger partial charge in [-0.1, -0.05) is 66.4 Å². The van der Waals surface area contributed by atoms with Crippen LogP contribution >= 0.6 is 11.8 Å². The average Bonchev–Trinajstić information content (AvgIpc) is 3.64. The number of hydrogen-bond donors (Lipinski definition) is 0. The van der Waals surface area contributed by atoms with Crippen LogP contribution in [0.1, 0.15) is 18.0 Å². The van der Waals surface area contributed by atoms with Crippen molar-refractivity contribution in [1.82, 2.24) is 0 Å². The van der Waals surface area contributed by atoms with Crippen molar-refractivity contribution in [3.63, 3.8) is 0 Å². The molecule has 3 aliphatic rings. The van der Waals surface area contributed by atoms with E-state index in [1.165, 1.54) is 9.79 Å². The van der Waals surface area contributed by atoms with E-state index in [0.717, 1.165) is 22.9 Å². The molecule has 3 aromatic carbocycles. The van der Waals surface area contributed by atoms with Crippen LogP contribution in [0.25, 0.3) is 0 Å². The third-order valence-electron chi connectivity index (χ3n) is 5.88. The molecule has 6 rings (SSSR count). The maximum atomic E-state index is 13.1. The largest absolute Gasteiger partial charge is 2.00 e. The number of benzene rings is 3. The molecule has 4 heteroatoms. The summed E-state index contributed by atoms with van der Waals surface area (Å²) in [6.07, 6.45) is 18.1. The van der Waals surface area contributed by atoms with E-state index in [9.17, 15) is 4.79 Å². The maximum absolute atomic E-state index is 13.1. The molecule has 0 aromatic heterocycles. The van der Waals surface area contributed by atoms with Crippen LogP contribution in [0.15, 0.2) is 88.7 Å². The van der Waals surface area contributed by atoms with Crippen LogP contribution in [0.3, 0.4) is 0 Å². The molecule has 0 spiro atoms. The number of rotatable bonds is 5. The van der Waals surface area contributed by atoms with Crippen molar-refractivity contribution in [1.29, 1.82) is 0 Å². The van der Waals surface area contributed by atoms with Gasteiger partial charge >= 0.3 is 17.1 Å². The monoisotopic (exact) mass is 515 g/mol. The third kappa shape index (κ3) is 6.23. The van der Waals surface area contributed by atoms with Crippen LogP contribution in [0.5, 0.6) is 0 Å². The molecule has 0 N–H and O–H groups in total. The van der Waals surface area contributed by atoms with Crippen LogP contribution in [0.2, 0.25) is 0 Å². The van der Waals surface area contributed by atoms with Crippen molar-refractivity contribution < 1.29 is 21.9 Å². The van der Waals surface area contributed by atoms with Crippen molar-refractivity contribution in [2.45, 2.75) is 22.3 Å². The summed E-state index contributed by atoms with van der Waals surface area (Å²) in [5.74, 6) is 0.941. The van der Waals surface area contributed by atoms with E-state index < -0.39 is 0 Å². The summed E-state index contributed by atoms with van der Waals surface area (Å²) in [5, 5.41) is 0. The Hall–Kier alpha value is -2.00. The zero-order chi connectivity index (χ0) is 23.2. The molecule has 0 amide bonds. The Morgan fingerprint density at radius 2 is 1.14 bits per heavy atom. The second kappa shape index (κ2) is 12.8. The molecule has 3 aromatic rings. The van der Waals surface area contributed by atoms with Crippen LogP contribution in [-0.4, -0.2) is 5.78 Å². The number of para-hydroxylation sites is 2.